The molecule has 1 aromatic carbocycles. The Balaban J connectivity index is 2.65. The predicted octanol–water partition coefficient (Wildman–Crippen LogP) is 1.48. The van der Waals surface area contributed by atoms with Gasteiger partial charge in [-0.15, -0.1) is 0 Å². The highest BCUT2D eigenvalue weighted by molar-refractivity contribution is 5.86. The van der Waals surface area contributed by atoms with Crippen molar-refractivity contribution >= 4 is 11.8 Å². The number of likely N-dealkylation sites (N-methyl/N-ethyl adjacent to an activating group) is 1. The van der Waals surface area contributed by atoms with Gasteiger partial charge in [-0.25, -0.2) is 0 Å². The second-order valence-corrected chi connectivity index (χ2v) is 4.54. The van der Waals surface area contributed by atoms with Gasteiger partial charge >= 0.3 is 0 Å². The standard InChI is InChI=1S/C14H20N2O2/c1-10-7-5-6-8-13(10)9-16(4)14(18)11(2)15-12(3)17/h5-8,11H,9H2,1-4H3,(H,15,17). The summed E-state index contributed by atoms with van der Waals surface area (Å²) in [7, 11) is 1.74. The molecular weight excluding hydrogens is 228 g/mol. The minimum absolute atomic E-state index is 0.0894. The Morgan fingerprint density at radius 1 is 1.33 bits per heavy atom. The van der Waals surface area contributed by atoms with Crippen LogP contribution in [0.4, 0.5) is 0 Å². The molecule has 1 N–H and O–H groups in total. The number of amides is 2. The number of benzene rings is 1. The molecule has 0 saturated carbocycles. The summed E-state index contributed by atoms with van der Waals surface area (Å²) in [5.41, 5.74) is 2.27. The molecule has 18 heavy (non-hydrogen) atoms. The highest BCUT2D eigenvalue weighted by Crippen LogP contribution is 2.10. The first-order valence-corrected chi connectivity index (χ1v) is 5.98. The molecule has 1 atom stereocenters. The van der Waals surface area contributed by atoms with E-state index in [2.05, 4.69) is 5.32 Å². The first-order valence-electron chi connectivity index (χ1n) is 5.98. The molecule has 2 amide bonds. The maximum atomic E-state index is 12.0. The monoisotopic (exact) mass is 248 g/mol. The maximum Gasteiger partial charge on any atom is 0.244 e. The summed E-state index contributed by atoms with van der Waals surface area (Å²) in [6.45, 7) is 5.67. The van der Waals surface area contributed by atoms with E-state index in [1.807, 2.05) is 31.2 Å². The fourth-order valence-corrected chi connectivity index (χ4v) is 1.82. The fourth-order valence-electron chi connectivity index (χ4n) is 1.82. The topological polar surface area (TPSA) is 49.4 Å². The predicted molar refractivity (Wildman–Crippen MR) is 70.9 cm³/mol. The molecule has 0 fully saturated rings. The molecule has 0 aliphatic rings. The van der Waals surface area contributed by atoms with Crippen molar-refractivity contribution in [2.45, 2.75) is 33.4 Å². The van der Waals surface area contributed by atoms with Crippen LogP contribution in [0.3, 0.4) is 0 Å². The minimum atomic E-state index is -0.489. The number of carbonyl (C=O) groups is 2. The number of aryl methyl sites for hydroxylation is 1. The van der Waals surface area contributed by atoms with E-state index in [1.165, 1.54) is 6.92 Å². The van der Waals surface area contributed by atoms with Gasteiger partial charge in [0, 0.05) is 20.5 Å². The summed E-state index contributed by atoms with van der Waals surface area (Å²) in [6, 6.07) is 7.46. The van der Waals surface area contributed by atoms with Crippen molar-refractivity contribution in [3.05, 3.63) is 35.4 Å². The lowest BCUT2D eigenvalue weighted by molar-refractivity contribution is -0.134. The Hall–Kier alpha value is -1.84. The minimum Gasteiger partial charge on any atom is -0.345 e. The van der Waals surface area contributed by atoms with Gasteiger partial charge in [-0.05, 0) is 25.0 Å². The summed E-state index contributed by atoms with van der Waals surface area (Å²) in [5, 5.41) is 2.59. The first kappa shape index (κ1) is 14.2. The zero-order chi connectivity index (χ0) is 13.7. The highest BCUT2D eigenvalue weighted by Gasteiger charge is 2.18. The summed E-state index contributed by atoms with van der Waals surface area (Å²) in [5.74, 6) is -0.284. The quantitative estimate of drug-likeness (QED) is 0.877. The summed E-state index contributed by atoms with van der Waals surface area (Å²) >= 11 is 0. The van der Waals surface area contributed by atoms with Crippen LogP contribution in [0.15, 0.2) is 24.3 Å². The lowest BCUT2D eigenvalue weighted by atomic mass is 10.1. The molecule has 0 radical (unpaired) electrons. The number of nitrogens with zero attached hydrogens (tertiary/aromatic N) is 1. The first-order chi connectivity index (χ1) is 8.41. The second-order valence-electron chi connectivity index (χ2n) is 4.54. The Labute approximate surface area is 108 Å². The van der Waals surface area contributed by atoms with E-state index in [9.17, 15) is 9.59 Å². The van der Waals surface area contributed by atoms with E-state index >= 15 is 0 Å². The van der Waals surface area contributed by atoms with E-state index in [-0.39, 0.29) is 11.8 Å². The maximum absolute atomic E-state index is 12.0. The third-order valence-electron chi connectivity index (χ3n) is 2.84. The van der Waals surface area contributed by atoms with Gasteiger partial charge in [0.1, 0.15) is 6.04 Å². The molecular formula is C14H20N2O2. The van der Waals surface area contributed by atoms with Crippen LogP contribution >= 0.6 is 0 Å². The number of nitrogens with one attached hydrogen (secondary N) is 1. The van der Waals surface area contributed by atoms with Gasteiger partial charge in [0.15, 0.2) is 0 Å². The molecule has 98 valence electrons. The number of hydrogen-bond acceptors (Lipinski definition) is 2. The van der Waals surface area contributed by atoms with Crippen molar-refractivity contribution in [2.24, 2.45) is 0 Å². The van der Waals surface area contributed by atoms with Gasteiger partial charge in [-0.1, -0.05) is 24.3 Å². The van der Waals surface area contributed by atoms with Crippen LogP contribution in [0.25, 0.3) is 0 Å². The van der Waals surface area contributed by atoms with Crippen molar-refractivity contribution < 1.29 is 9.59 Å². The second kappa shape index (κ2) is 6.19. The molecule has 1 aromatic rings. The van der Waals surface area contributed by atoms with Gasteiger partial charge in [-0.3, -0.25) is 9.59 Å². The lowest BCUT2D eigenvalue weighted by Crippen LogP contribution is -2.44. The SMILES string of the molecule is CC(=O)NC(C)C(=O)N(C)Cc1ccccc1C. The molecule has 0 heterocycles. The molecule has 0 aliphatic carbocycles. The normalized spacial score (nSPS) is 11.8. The molecule has 0 bridgehead atoms. The summed E-state index contributed by atoms with van der Waals surface area (Å²) < 4.78 is 0. The molecule has 4 heteroatoms. The van der Waals surface area contributed by atoms with Gasteiger partial charge in [-0.2, -0.15) is 0 Å². The fraction of sp³-hybridized carbons (Fsp3) is 0.429. The molecule has 1 unspecified atom stereocenters. The van der Waals surface area contributed by atoms with Crippen LogP contribution in [-0.2, 0) is 16.1 Å². The van der Waals surface area contributed by atoms with Crippen LogP contribution < -0.4 is 5.32 Å². The third-order valence-corrected chi connectivity index (χ3v) is 2.84. The van der Waals surface area contributed by atoms with Crippen molar-refractivity contribution in [3.63, 3.8) is 0 Å². The Kier molecular flexibility index (Phi) is 4.89. The van der Waals surface area contributed by atoms with Crippen molar-refractivity contribution in [3.8, 4) is 0 Å². The van der Waals surface area contributed by atoms with Crippen molar-refractivity contribution in [1.82, 2.24) is 10.2 Å². The highest BCUT2D eigenvalue weighted by atomic mass is 16.2. The zero-order valence-electron chi connectivity index (χ0n) is 11.4. The molecule has 0 saturated heterocycles. The molecule has 1 rings (SSSR count). The van der Waals surface area contributed by atoms with E-state index in [0.717, 1.165) is 11.1 Å². The van der Waals surface area contributed by atoms with E-state index in [1.54, 1.807) is 18.9 Å². The smallest absolute Gasteiger partial charge is 0.244 e. The van der Waals surface area contributed by atoms with Gasteiger partial charge in [0.05, 0.1) is 0 Å². The summed E-state index contributed by atoms with van der Waals surface area (Å²) in [6.07, 6.45) is 0. The third kappa shape index (κ3) is 3.87. The Morgan fingerprint density at radius 3 is 2.50 bits per heavy atom. The molecule has 0 aromatic heterocycles. The van der Waals surface area contributed by atoms with Crippen LogP contribution in [0.5, 0.6) is 0 Å². The van der Waals surface area contributed by atoms with Crippen LogP contribution in [0.2, 0.25) is 0 Å². The largest absolute Gasteiger partial charge is 0.345 e. The molecule has 0 spiro atoms. The van der Waals surface area contributed by atoms with Gasteiger partial charge in [0.25, 0.3) is 0 Å². The Morgan fingerprint density at radius 2 is 1.94 bits per heavy atom. The zero-order valence-corrected chi connectivity index (χ0v) is 11.4. The van der Waals surface area contributed by atoms with Crippen molar-refractivity contribution in [1.29, 1.82) is 0 Å². The summed E-state index contributed by atoms with van der Waals surface area (Å²) in [4.78, 5) is 24.5. The Bertz CT molecular complexity index is 443. The van der Waals surface area contributed by atoms with Crippen molar-refractivity contribution in [2.75, 3.05) is 7.05 Å². The van der Waals surface area contributed by atoms with Crippen LogP contribution in [0.1, 0.15) is 25.0 Å². The van der Waals surface area contributed by atoms with Crippen LogP contribution in [-0.4, -0.2) is 29.8 Å². The molecule has 4 nitrogen and oxygen atoms in total. The van der Waals surface area contributed by atoms with E-state index in [0.29, 0.717) is 6.54 Å². The van der Waals surface area contributed by atoms with E-state index < -0.39 is 6.04 Å². The average Bonchev–Trinajstić information content (AvgIpc) is 2.30. The van der Waals surface area contributed by atoms with Gasteiger partial charge in [0.2, 0.25) is 11.8 Å². The number of rotatable bonds is 4. The number of carbonyl (C=O) groups excluding carboxylic acids is 2. The van der Waals surface area contributed by atoms with E-state index in [4.69, 9.17) is 0 Å². The number of hydrogen-bond donors (Lipinski definition) is 1. The van der Waals surface area contributed by atoms with Crippen LogP contribution in [0, 0.1) is 6.92 Å². The van der Waals surface area contributed by atoms with Gasteiger partial charge < -0.3 is 10.2 Å². The molecule has 0 aliphatic heterocycles. The lowest BCUT2D eigenvalue weighted by Gasteiger charge is -2.22. The average molecular weight is 248 g/mol.